The number of carbonyl (C=O) groups excluding carboxylic acids is 1. The van der Waals surface area contributed by atoms with Gasteiger partial charge in [0.2, 0.25) is 5.91 Å². The van der Waals surface area contributed by atoms with Gasteiger partial charge in [0.05, 0.1) is 12.7 Å². The van der Waals surface area contributed by atoms with Gasteiger partial charge in [-0.3, -0.25) is 4.79 Å². The molecule has 15 heavy (non-hydrogen) atoms. The molecule has 1 rings (SSSR count). The Morgan fingerprint density at radius 2 is 2.33 bits per heavy atom. The molecule has 0 aromatic heterocycles. The Kier molecular flexibility index (Phi) is 5.60. The maximum Gasteiger partial charge on any atom is 0.221 e. The van der Waals surface area contributed by atoms with Gasteiger partial charge < -0.3 is 20.5 Å². The Labute approximate surface area is 90.2 Å². The molecule has 5 heteroatoms. The molecule has 0 saturated heterocycles. The lowest BCUT2D eigenvalue weighted by Crippen LogP contribution is -2.35. The molecule has 1 unspecified atom stereocenters. The lowest BCUT2D eigenvalue weighted by atomic mass is 10.3. The quantitative estimate of drug-likeness (QED) is 0.499. The number of ether oxygens (including phenoxy) is 1. The highest BCUT2D eigenvalue weighted by molar-refractivity contribution is 5.76. The average molecular weight is 216 g/mol. The number of aliphatic hydroxyl groups excluding tert-OH is 1. The Morgan fingerprint density at radius 1 is 1.60 bits per heavy atom. The number of aliphatic hydroxyl groups is 1. The largest absolute Gasteiger partial charge is 0.389 e. The van der Waals surface area contributed by atoms with E-state index in [1.165, 1.54) is 20.0 Å². The zero-order valence-corrected chi connectivity index (χ0v) is 9.16. The van der Waals surface area contributed by atoms with Gasteiger partial charge in [-0.1, -0.05) is 0 Å². The molecule has 1 amide bonds. The van der Waals surface area contributed by atoms with Crippen LogP contribution >= 0.6 is 0 Å². The Hall–Kier alpha value is -0.650. The normalized spacial score (nSPS) is 17.5. The second kappa shape index (κ2) is 6.76. The van der Waals surface area contributed by atoms with Crippen LogP contribution in [0.25, 0.3) is 0 Å². The Bertz CT molecular complexity index is 195. The van der Waals surface area contributed by atoms with Crippen LogP contribution < -0.4 is 10.6 Å². The molecular formula is C10H20N2O3. The highest BCUT2D eigenvalue weighted by Crippen LogP contribution is 2.18. The van der Waals surface area contributed by atoms with Crippen molar-refractivity contribution in [1.82, 2.24) is 10.6 Å². The predicted octanol–water partition coefficient (Wildman–Crippen LogP) is -0.748. The summed E-state index contributed by atoms with van der Waals surface area (Å²) >= 11 is 0. The van der Waals surface area contributed by atoms with E-state index in [-0.39, 0.29) is 19.1 Å². The summed E-state index contributed by atoms with van der Waals surface area (Å²) in [4.78, 5) is 11.3. The van der Waals surface area contributed by atoms with Crippen LogP contribution in [0.3, 0.4) is 0 Å². The zero-order valence-electron chi connectivity index (χ0n) is 9.16. The van der Waals surface area contributed by atoms with Crippen LogP contribution in [0.15, 0.2) is 0 Å². The fourth-order valence-electron chi connectivity index (χ4n) is 1.25. The molecule has 0 aromatic carbocycles. The minimum Gasteiger partial charge on any atom is -0.389 e. The van der Waals surface area contributed by atoms with Crippen LogP contribution in [0.4, 0.5) is 0 Å². The van der Waals surface area contributed by atoms with E-state index in [2.05, 4.69) is 10.6 Å². The maximum atomic E-state index is 11.3. The van der Waals surface area contributed by atoms with Crippen LogP contribution in [-0.2, 0) is 9.53 Å². The third kappa shape index (κ3) is 6.43. The summed E-state index contributed by atoms with van der Waals surface area (Å²) in [6.45, 7) is 1.23. The molecule has 0 bridgehead atoms. The van der Waals surface area contributed by atoms with Crippen molar-refractivity contribution in [3.05, 3.63) is 0 Å². The van der Waals surface area contributed by atoms with Crippen molar-refractivity contribution in [3.8, 4) is 0 Å². The van der Waals surface area contributed by atoms with Crippen molar-refractivity contribution in [2.24, 2.45) is 0 Å². The fourth-order valence-corrected chi connectivity index (χ4v) is 1.25. The first-order valence-corrected chi connectivity index (χ1v) is 5.39. The number of methoxy groups -OCH3 is 1. The summed E-state index contributed by atoms with van der Waals surface area (Å²) in [6, 6.07) is 0.636. The van der Waals surface area contributed by atoms with E-state index in [1.807, 2.05) is 0 Å². The summed E-state index contributed by atoms with van der Waals surface area (Å²) in [5, 5.41) is 15.2. The van der Waals surface area contributed by atoms with Crippen molar-refractivity contribution in [3.63, 3.8) is 0 Å². The first-order chi connectivity index (χ1) is 7.22. The predicted molar refractivity (Wildman–Crippen MR) is 56.5 cm³/mol. The topological polar surface area (TPSA) is 70.6 Å². The SMILES string of the molecule is COCC(O)CNC(=O)CCNC1CC1. The summed E-state index contributed by atoms with van der Waals surface area (Å²) in [6.07, 6.45) is 2.31. The molecule has 1 fully saturated rings. The van der Waals surface area contributed by atoms with Crippen molar-refractivity contribution in [2.75, 3.05) is 26.8 Å². The second-order valence-electron chi connectivity index (χ2n) is 3.89. The lowest BCUT2D eigenvalue weighted by molar-refractivity contribution is -0.121. The lowest BCUT2D eigenvalue weighted by Gasteiger charge is -2.10. The molecule has 0 heterocycles. The molecular weight excluding hydrogens is 196 g/mol. The molecule has 0 spiro atoms. The van der Waals surface area contributed by atoms with Crippen LogP contribution in [0.2, 0.25) is 0 Å². The minimum atomic E-state index is -0.615. The molecule has 0 radical (unpaired) electrons. The number of amides is 1. The van der Waals surface area contributed by atoms with Crippen molar-refractivity contribution in [1.29, 1.82) is 0 Å². The standard InChI is InChI=1S/C10H20N2O3/c1-15-7-9(13)6-12-10(14)4-5-11-8-2-3-8/h8-9,11,13H,2-7H2,1H3,(H,12,14). The first-order valence-electron chi connectivity index (χ1n) is 5.39. The molecule has 1 saturated carbocycles. The summed E-state index contributed by atoms with van der Waals surface area (Å²) < 4.78 is 4.74. The van der Waals surface area contributed by atoms with Gasteiger partial charge in [-0.25, -0.2) is 0 Å². The van der Waals surface area contributed by atoms with Crippen LogP contribution in [0.1, 0.15) is 19.3 Å². The van der Waals surface area contributed by atoms with Crippen LogP contribution in [0, 0.1) is 0 Å². The fraction of sp³-hybridized carbons (Fsp3) is 0.900. The number of nitrogens with one attached hydrogen (secondary N) is 2. The van der Waals surface area contributed by atoms with Crippen LogP contribution in [-0.4, -0.2) is 50.0 Å². The summed E-state index contributed by atoms with van der Waals surface area (Å²) in [5.41, 5.74) is 0. The average Bonchev–Trinajstić information content (AvgIpc) is 2.99. The van der Waals surface area contributed by atoms with Gasteiger partial charge >= 0.3 is 0 Å². The van der Waals surface area contributed by atoms with E-state index >= 15 is 0 Å². The third-order valence-electron chi connectivity index (χ3n) is 2.26. The van der Waals surface area contributed by atoms with E-state index in [9.17, 15) is 9.90 Å². The number of rotatable bonds is 8. The number of hydrogen-bond acceptors (Lipinski definition) is 4. The zero-order chi connectivity index (χ0) is 11.1. The molecule has 1 aliphatic carbocycles. The first kappa shape index (κ1) is 12.4. The molecule has 5 nitrogen and oxygen atoms in total. The van der Waals surface area contributed by atoms with Gasteiger partial charge in [0.15, 0.2) is 0 Å². The van der Waals surface area contributed by atoms with Crippen molar-refractivity contribution < 1.29 is 14.6 Å². The maximum absolute atomic E-state index is 11.3. The van der Waals surface area contributed by atoms with E-state index in [4.69, 9.17) is 4.74 Å². The van der Waals surface area contributed by atoms with E-state index < -0.39 is 6.10 Å². The van der Waals surface area contributed by atoms with E-state index in [0.29, 0.717) is 12.5 Å². The highest BCUT2D eigenvalue weighted by Gasteiger charge is 2.20. The number of carbonyl (C=O) groups is 1. The van der Waals surface area contributed by atoms with Crippen molar-refractivity contribution >= 4 is 5.91 Å². The second-order valence-corrected chi connectivity index (χ2v) is 3.89. The van der Waals surface area contributed by atoms with E-state index in [0.717, 1.165) is 6.54 Å². The smallest absolute Gasteiger partial charge is 0.221 e. The molecule has 1 atom stereocenters. The summed E-state index contributed by atoms with van der Waals surface area (Å²) in [5.74, 6) is -0.0293. The van der Waals surface area contributed by atoms with Gasteiger partial charge in [0.1, 0.15) is 0 Å². The Morgan fingerprint density at radius 3 is 2.93 bits per heavy atom. The summed E-state index contributed by atoms with van der Waals surface area (Å²) in [7, 11) is 1.52. The molecule has 3 N–H and O–H groups in total. The molecule has 88 valence electrons. The number of hydrogen-bond donors (Lipinski definition) is 3. The van der Waals surface area contributed by atoms with E-state index in [1.54, 1.807) is 0 Å². The van der Waals surface area contributed by atoms with Crippen LogP contribution in [0.5, 0.6) is 0 Å². The van der Waals surface area contributed by atoms with Gasteiger partial charge in [-0.05, 0) is 12.8 Å². The van der Waals surface area contributed by atoms with Gasteiger partial charge in [-0.2, -0.15) is 0 Å². The van der Waals surface area contributed by atoms with Gasteiger partial charge in [0, 0.05) is 32.7 Å². The van der Waals surface area contributed by atoms with Gasteiger partial charge in [0.25, 0.3) is 0 Å². The van der Waals surface area contributed by atoms with Crippen molar-refractivity contribution in [2.45, 2.75) is 31.4 Å². The Balaban J connectivity index is 1.92. The minimum absolute atomic E-state index is 0.0293. The molecule has 0 aromatic rings. The highest BCUT2D eigenvalue weighted by atomic mass is 16.5. The monoisotopic (exact) mass is 216 g/mol. The molecule has 0 aliphatic heterocycles. The van der Waals surface area contributed by atoms with Gasteiger partial charge in [-0.15, -0.1) is 0 Å². The third-order valence-corrected chi connectivity index (χ3v) is 2.26. The molecule has 1 aliphatic rings.